The number of nitrogens with zero attached hydrogens (tertiary/aromatic N) is 5. The van der Waals surface area contributed by atoms with E-state index in [1.165, 1.54) is 0 Å². The molecule has 1 aliphatic heterocycles. The Morgan fingerprint density at radius 1 is 1.12 bits per heavy atom. The first-order chi connectivity index (χ1) is 12.1. The molecule has 2 amide bonds. The molecule has 0 aliphatic carbocycles. The Balaban J connectivity index is 1.52. The van der Waals surface area contributed by atoms with E-state index in [9.17, 15) is 14.4 Å². The smallest absolute Gasteiger partial charge is 0.308 e. The zero-order valence-corrected chi connectivity index (χ0v) is 13.7. The van der Waals surface area contributed by atoms with Crippen LogP contribution in [0.3, 0.4) is 0 Å². The zero-order chi connectivity index (χ0) is 17.8. The highest BCUT2D eigenvalue weighted by Gasteiger charge is 2.35. The van der Waals surface area contributed by atoms with Crippen LogP contribution in [0, 0.1) is 0 Å². The molecule has 0 unspecified atom stereocenters. The number of imide groups is 1. The van der Waals surface area contributed by atoms with Gasteiger partial charge in [0.15, 0.2) is 12.4 Å². The fourth-order valence-corrected chi connectivity index (χ4v) is 2.57. The summed E-state index contributed by atoms with van der Waals surface area (Å²) in [6.45, 7) is 2.55. The van der Waals surface area contributed by atoms with Gasteiger partial charge in [0.1, 0.15) is 0 Å². The van der Waals surface area contributed by atoms with E-state index in [0.717, 1.165) is 11.3 Å². The predicted molar refractivity (Wildman–Crippen MR) is 84.3 cm³/mol. The lowest BCUT2D eigenvalue weighted by Crippen LogP contribution is -2.32. The monoisotopic (exact) mass is 343 g/mol. The molecular formula is C16H17N5O4. The van der Waals surface area contributed by atoms with Gasteiger partial charge in [0.2, 0.25) is 0 Å². The number of aryl methyl sites for hydroxylation is 1. The fraction of sp³-hybridized carbons (Fsp3) is 0.375. The van der Waals surface area contributed by atoms with Crippen molar-refractivity contribution in [1.82, 2.24) is 25.1 Å². The highest BCUT2D eigenvalue weighted by Crippen LogP contribution is 2.22. The molecular weight excluding hydrogens is 326 g/mol. The molecule has 0 saturated heterocycles. The SMILES string of the molecule is CCCn1nnnc1COC(=O)CCN1C(=O)c2ccccc2C1=O. The number of tetrazole rings is 1. The summed E-state index contributed by atoms with van der Waals surface area (Å²) < 4.78 is 6.70. The molecule has 1 aromatic heterocycles. The van der Waals surface area contributed by atoms with Gasteiger partial charge < -0.3 is 4.74 Å². The molecule has 0 radical (unpaired) electrons. The van der Waals surface area contributed by atoms with Gasteiger partial charge in [-0.15, -0.1) is 5.10 Å². The summed E-state index contributed by atoms with van der Waals surface area (Å²) in [6.07, 6.45) is 0.770. The third-order valence-corrected chi connectivity index (χ3v) is 3.82. The minimum absolute atomic E-state index is 0.0227. The summed E-state index contributed by atoms with van der Waals surface area (Å²) in [5.74, 6) is -0.848. The van der Waals surface area contributed by atoms with E-state index < -0.39 is 5.97 Å². The molecule has 0 spiro atoms. The normalized spacial score (nSPS) is 13.2. The number of carbonyl (C=O) groups excluding carboxylic acids is 3. The second-order valence-corrected chi connectivity index (χ2v) is 5.54. The Morgan fingerprint density at radius 3 is 2.44 bits per heavy atom. The third kappa shape index (κ3) is 3.39. The molecule has 25 heavy (non-hydrogen) atoms. The number of fused-ring (bicyclic) bond motifs is 1. The van der Waals surface area contributed by atoms with Crippen LogP contribution in [0.1, 0.15) is 46.3 Å². The second-order valence-electron chi connectivity index (χ2n) is 5.54. The summed E-state index contributed by atoms with van der Waals surface area (Å²) >= 11 is 0. The van der Waals surface area contributed by atoms with Gasteiger partial charge >= 0.3 is 5.97 Å². The Bertz CT molecular complexity index is 781. The molecule has 3 rings (SSSR count). The van der Waals surface area contributed by atoms with Crippen LogP contribution in [0.2, 0.25) is 0 Å². The molecule has 0 atom stereocenters. The van der Waals surface area contributed by atoms with E-state index in [1.54, 1.807) is 28.9 Å². The van der Waals surface area contributed by atoms with Crippen LogP contribution in [0.5, 0.6) is 0 Å². The lowest BCUT2D eigenvalue weighted by atomic mass is 10.1. The van der Waals surface area contributed by atoms with Gasteiger partial charge in [-0.2, -0.15) is 0 Å². The highest BCUT2D eigenvalue weighted by molar-refractivity contribution is 6.21. The van der Waals surface area contributed by atoms with E-state index in [2.05, 4.69) is 15.5 Å². The molecule has 0 N–H and O–H groups in total. The summed E-state index contributed by atoms with van der Waals surface area (Å²) in [5, 5.41) is 11.1. The van der Waals surface area contributed by atoms with Crippen molar-refractivity contribution in [3.8, 4) is 0 Å². The van der Waals surface area contributed by atoms with Gasteiger partial charge in [-0.05, 0) is 29.0 Å². The molecule has 2 heterocycles. The predicted octanol–water partition coefficient (Wildman–Crippen LogP) is 0.813. The van der Waals surface area contributed by atoms with Crippen molar-refractivity contribution >= 4 is 17.8 Å². The van der Waals surface area contributed by atoms with E-state index in [4.69, 9.17) is 4.74 Å². The molecule has 9 nitrogen and oxygen atoms in total. The van der Waals surface area contributed by atoms with Crippen molar-refractivity contribution in [3.63, 3.8) is 0 Å². The molecule has 0 saturated carbocycles. The first-order valence-electron chi connectivity index (χ1n) is 7.97. The van der Waals surface area contributed by atoms with Crippen molar-refractivity contribution in [2.24, 2.45) is 0 Å². The van der Waals surface area contributed by atoms with Crippen LogP contribution in [0.15, 0.2) is 24.3 Å². The molecule has 2 aromatic rings. The van der Waals surface area contributed by atoms with Crippen LogP contribution in [0.25, 0.3) is 0 Å². The van der Waals surface area contributed by atoms with E-state index in [0.29, 0.717) is 23.5 Å². The minimum Gasteiger partial charge on any atom is -0.457 e. The topological polar surface area (TPSA) is 107 Å². The number of aromatic nitrogens is 4. The van der Waals surface area contributed by atoms with Gasteiger partial charge in [-0.1, -0.05) is 19.1 Å². The quantitative estimate of drug-likeness (QED) is 0.541. The minimum atomic E-state index is -0.525. The number of benzene rings is 1. The number of hydrogen-bond donors (Lipinski definition) is 0. The summed E-state index contributed by atoms with van der Waals surface area (Å²) in [5.41, 5.74) is 0.721. The fourth-order valence-electron chi connectivity index (χ4n) is 2.57. The third-order valence-electron chi connectivity index (χ3n) is 3.82. The number of esters is 1. The van der Waals surface area contributed by atoms with Crippen molar-refractivity contribution in [3.05, 3.63) is 41.2 Å². The van der Waals surface area contributed by atoms with Crippen molar-refractivity contribution < 1.29 is 19.1 Å². The van der Waals surface area contributed by atoms with Gasteiger partial charge in [-0.3, -0.25) is 19.3 Å². The standard InChI is InChI=1S/C16H17N5O4/c1-2-8-21-13(17-18-19-21)10-25-14(22)7-9-20-15(23)11-5-3-4-6-12(11)16(20)24/h3-6H,2,7-10H2,1H3. The number of hydrogen-bond acceptors (Lipinski definition) is 7. The lowest BCUT2D eigenvalue weighted by molar-refractivity contribution is -0.145. The number of rotatable bonds is 7. The van der Waals surface area contributed by atoms with Gasteiger partial charge in [0.25, 0.3) is 11.8 Å². The summed E-state index contributed by atoms with van der Waals surface area (Å²) in [7, 11) is 0. The maximum absolute atomic E-state index is 12.2. The van der Waals surface area contributed by atoms with Crippen LogP contribution in [0.4, 0.5) is 0 Å². The number of amides is 2. The molecule has 9 heteroatoms. The average molecular weight is 343 g/mol. The molecule has 1 aliphatic rings. The number of ether oxygens (including phenoxy) is 1. The van der Waals surface area contributed by atoms with Gasteiger partial charge in [-0.25, -0.2) is 4.68 Å². The van der Waals surface area contributed by atoms with E-state index >= 15 is 0 Å². The molecule has 0 fully saturated rings. The Kier molecular flexibility index (Phi) is 4.82. The highest BCUT2D eigenvalue weighted by atomic mass is 16.5. The lowest BCUT2D eigenvalue weighted by Gasteiger charge is -2.13. The van der Waals surface area contributed by atoms with Crippen LogP contribution in [-0.2, 0) is 22.7 Å². The Labute approximate surface area is 143 Å². The Hall–Kier alpha value is -3.10. The van der Waals surface area contributed by atoms with Crippen molar-refractivity contribution in [2.45, 2.75) is 32.9 Å². The average Bonchev–Trinajstić information content (AvgIpc) is 3.16. The Morgan fingerprint density at radius 2 is 1.80 bits per heavy atom. The maximum Gasteiger partial charge on any atom is 0.308 e. The zero-order valence-electron chi connectivity index (χ0n) is 13.7. The van der Waals surface area contributed by atoms with Crippen LogP contribution in [-0.4, -0.2) is 49.4 Å². The first-order valence-corrected chi connectivity index (χ1v) is 7.97. The van der Waals surface area contributed by atoms with Crippen molar-refractivity contribution in [1.29, 1.82) is 0 Å². The van der Waals surface area contributed by atoms with Crippen LogP contribution < -0.4 is 0 Å². The molecule has 0 bridgehead atoms. The maximum atomic E-state index is 12.2. The van der Waals surface area contributed by atoms with Gasteiger partial charge in [0, 0.05) is 13.1 Å². The molecule has 1 aromatic carbocycles. The van der Waals surface area contributed by atoms with Crippen molar-refractivity contribution in [2.75, 3.05) is 6.54 Å². The summed E-state index contributed by atoms with van der Waals surface area (Å²) in [4.78, 5) is 37.4. The van der Waals surface area contributed by atoms with Gasteiger partial charge in [0.05, 0.1) is 17.5 Å². The largest absolute Gasteiger partial charge is 0.457 e. The van der Waals surface area contributed by atoms with Crippen LogP contribution >= 0.6 is 0 Å². The van der Waals surface area contributed by atoms with E-state index in [1.807, 2.05) is 6.92 Å². The first kappa shape index (κ1) is 16.7. The van der Waals surface area contributed by atoms with E-state index in [-0.39, 0.29) is 31.4 Å². The second kappa shape index (κ2) is 7.20. The number of carbonyl (C=O) groups is 3. The summed E-state index contributed by atoms with van der Waals surface area (Å²) in [6, 6.07) is 6.59. The molecule has 130 valence electrons.